The van der Waals surface area contributed by atoms with Gasteiger partial charge in [-0.3, -0.25) is 4.98 Å². The molecule has 1 aliphatic carbocycles. The molecule has 0 fully saturated rings. The number of nitrogens with zero attached hydrogens (tertiary/aromatic N) is 6. The highest BCUT2D eigenvalue weighted by atomic mass is 15.0. The van der Waals surface area contributed by atoms with E-state index < -0.39 is 0 Å². The molecule has 6 heteroatoms. The number of pyridine rings is 1. The van der Waals surface area contributed by atoms with Crippen molar-refractivity contribution in [3.63, 3.8) is 0 Å². The summed E-state index contributed by atoms with van der Waals surface area (Å²) in [6.45, 7) is 0. The second-order valence-electron chi connectivity index (χ2n) is 10.4. The van der Waals surface area contributed by atoms with E-state index in [-0.39, 0.29) is 0 Å². The predicted molar refractivity (Wildman–Crippen MR) is 169 cm³/mol. The maximum Gasteiger partial charge on any atom is 0.164 e. The van der Waals surface area contributed by atoms with Crippen molar-refractivity contribution < 1.29 is 0 Å². The van der Waals surface area contributed by atoms with E-state index >= 15 is 0 Å². The number of rotatable bonds is 5. The third-order valence-corrected chi connectivity index (χ3v) is 7.73. The molecule has 0 N–H and O–H groups in total. The summed E-state index contributed by atoms with van der Waals surface area (Å²) in [5.41, 5.74) is 11.2. The van der Waals surface area contributed by atoms with Crippen LogP contribution in [0, 0.1) is 0 Å². The Balaban J connectivity index is 1.20. The van der Waals surface area contributed by atoms with Crippen molar-refractivity contribution in [2.45, 2.75) is 6.42 Å². The van der Waals surface area contributed by atoms with E-state index in [4.69, 9.17) is 24.9 Å². The van der Waals surface area contributed by atoms with E-state index in [1.165, 1.54) is 11.1 Å². The Kier molecular flexibility index (Phi) is 6.08. The van der Waals surface area contributed by atoms with Crippen molar-refractivity contribution in [2.24, 2.45) is 0 Å². The largest absolute Gasteiger partial charge is 0.256 e. The zero-order chi connectivity index (χ0) is 28.6. The van der Waals surface area contributed by atoms with Crippen LogP contribution in [0.3, 0.4) is 0 Å². The van der Waals surface area contributed by atoms with Crippen molar-refractivity contribution in [3.05, 3.63) is 145 Å². The summed E-state index contributed by atoms with van der Waals surface area (Å²) in [4.78, 5) is 28.7. The summed E-state index contributed by atoms with van der Waals surface area (Å²) in [7, 11) is 0. The summed E-state index contributed by atoms with van der Waals surface area (Å²) in [6, 6.07) is 40.8. The van der Waals surface area contributed by atoms with Crippen LogP contribution in [-0.4, -0.2) is 29.9 Å². The lowest BCUT2D eigenvalue weighted by molar-refractivity contribution is 1.07. The smallest absolute Gasteiger partial charge is 0.164 e. The standard InChI is InChI=1S/C37H24N6/c1-3-10-24(11-4-1)35-41-36(25-12-5-2-6-13-25)43-37(42-35)29-16-9-15-27(20-29)32-22-28(18-19-38-32)33-31-21-26-14-7-8-17-30(26)34(31)40-23-39-33/h1-20,22-23H,21H2. The minimum Gasteiger partial charge on any atom is -0.256 e. The van der Waals surface area contributed by atoms with Gasteiger partial charge in [-0.2, -0.15) is 0 Å². The topological polar surface area (TPSA) is 77.3 Å². The minimum atomic E-state index is 0.608. The van der Waals surface area contributed by atoms with Gasteiger partial charge in [0.25, 0.3) is 0 Å². The molecule has 8 rings (SSSR count). The number of hydrogen-bond donors (Lipinski definition) is 0. The molecule has 0 aliphatic heterocycles. The molecule has 202 valence electrons. The molecule has 0 unspecified atom stereocenters. The van der Waals surface area contributed by atoms with Crippen LogP contribution in [0.4, 0.5) is 0 Å². The first-order chi connectivity index (χ1) is 21.3. The Bertz CT molecular complexity index is 2050. The van der Waals surface area contributed by atoms with Gasteiger partial charge in [0.15, 0.2) is 17.5 Å². The minimum absolute atomic E-state index is 0.608. The zero-order valence-electron chi connectivity index (χ0n) is 23.1. The molecular formula is C37H24N6. The summed E-state index contributed by atoms with van der Waals surface area (Å²) < 4.78 is 0. The molecule has 0 spiro atoms. The molecule has 1 aliphatic rings. The summed E-state index contributed by atoms with van der Waals surface area (Å²) >= 11 is 0. The predicted octanol–water partition coefficient (Wildman–Crippen LogP) is 7.96. The Morgan fingerprint density at radius 2 is 1.05 bits per heavy atom. The Morgan fingerprint density at radius 1 is 0.442 bits per heavy atom. The molecule has 0 radical (unpaired) electrons. The van der Waals surface area contributed by atoms with Crippen LogP contribution in [0.25, 0.3) is 67.9 Å². The van der Waals surface area contributed by atoms with E-state index in [1.54, 1.807) is 6.33 Å². The van der Waals surface area contributed by atoms with E-state index in [1.807, 2.05) is 85.1 Å². The van der Waals surface area contributed by atoms with Gasteiger partial charge in [-0.1, -0.05) is 103 Å². The quantitative estimate of drug-likeness (QED) is 0.216. The second kappa shape index (κ2) is 10.5. The fourth-order valence-corrected chi connectivity index (χ4v) is 5.65. The number of benzene rings is 4. The molecule has 0 amide bonds. The summed E-state index contributed by atoms with van der Waals surface area (Å²) in [6.07, 6.45) is 4.33. The van der Waals surface area contributed by atoms with Gasteiger partial charge in [0, 0.05) is 51.6 Å². The Morgan fingerprint density at radius 3 is 1.79 bits per heavy atom. The van der Waals surface area contributed by atoms with Crippen molar-refractivity contribution in [2.75, 3.05) is 0 Å². The van der Waals surface area contributed by atoms with Gasteiger partial charge >= 0.3 is 0 Å². The van der Waals surface area contributed by atoms with Gasteiger partial charge in [0.05, 0.1) is 17.1 Å². The first-order valence-corrected chi connectivity index (χ1v) is 14.2. The van der Waals surface area contributed by atoms with Gasteiger partial charge < -0.3 is 0 Å². The first-order valence-electron chi connectivity index (χ1n) is 14.2. The van der Waals surface area contributed by atoms with Crippen molar-refractivity contribution >= 4 is 0 Å². The highest BCUT2D eigenvalue weighted by Gasteiger charge is 2.23. The normalized spacial score (nSPS) is 11.6. The maximum atomic E-state index is 4.90. The number of hydrogen-bond acceptors (Lipinski definition) is 6. The van der Waals surface area contributed by atoms with Crippen LogP contribution < -0.4 is 0 Å². The molecule has 0 bridgehead atoms. The van der Waals surface area contributed by atoms with Crippen LogP contribution in [0.2, 0.25) is 0 Å². The molecule has 3 heterocycles. The fraction of sp³-hybridized carbons (Fsp3) is 0.0270. The van der Waals surface area contributed by atoms with Crippen molar-refractivity contribution in [1.82, 2.24) is 29.9 Å². The van der Waals surface area contributed by atoms with E-state index in [0.717, 1.165) is 56.9 Å². The van der Waals surface area contributed by atoms with E-state index in [9.17, 15) is 0 Å². The molecule has 0 saturated carbocycles. The molecule has 4 aromatic carbocycles. The van der Waals surface area contributed by atoms with Gasteiger partial charge in [-0.05, 0) is 23.8 Å². The maximum absolute atomic E-state index is 4.90. The van der Waals surface area contributed by atoms with Crippen LogP contribution in [0.1, 0.15) is 11.1 Å². The first kappa shape index (κ1) is 24.9. The van der Waals surface area contributed by atoms with Crippen LogP contribution >= 0.6 is 0 Å². The van der Waals surface area contributed by atoms with Crippen molar-refractivity contribution in [3.8, 4) is 67.9 Å². The molecule has 43 heavy (non-hydrogen) atoms. The van der Waals surface area contributed by atoms with Crippen LogP contribution in [0.15, 0.2) is 134 Å². The average molecular weight is 553 g/mol. The summed E-state index contributed by atoms with van der Waals surface area (Å²) in [5, 5.41) is 0. The third kappa shape index (κ3) is 4.65. The molecule has 0 saturated heterocycles. The molecule has 7 aromatic rings. The second-order valence-corrected chi connectivity index (χ2v) is 10.4. The van der Waals surface area contributed by atoms with Gasteiger partial charge in [-0.15, -0.1) is 0 Å². The van der Waals surface area contributed by atoms with Crippen molar-refractivity contribution in [1.29, 1.82) is 0 Å². The van der Waals surface area contributed by atoms with Crippen LogP contribution in [-0.2, 0) is 6.42 Å². The number of fused-ring (bicyclic) bond motifs is 3. The monoisotopic (exact) mass is 552 g/mol. The highest BCUT2D eigenvalue weighted by molar-refractivity contribution is 5.81. The lowest BCUT2D eigenvalue weighted by Crippen LogP contribution is -2.00. The van der Waals surface area contributed by atoms with E-state index in [2.05, 4.69) is 47.4 Å². The van der Waals surface area contributed by atoms with E-state index in [0.29, 0.717) is 17.5 Å². The van der Waals surface area contributed by atoms with Gasteiger partial charge in [0.2, 0.25) is 0 Å². The van der Waals surface area contributed by atoms with Gasteiger partial charge in [0.1, 0.15) is 6.33 Å². The molecule has 0 atom stereocenters. The number of aromatic nitrogens is 6. The van der Waals surface area contributed by atoms with Crippen LogP contribution in [0.5, 0.6) is 0 Å². The SMILES string of the molecule is c1ccc(-c2nc(-c3ccccc3)nc(-c3cccc(-c4cc(-c5ncnc6c5Cc5ccccc5-6)ccn4)c3)n2)cc1. The fourth-order valence-electron chi connectivity index (χ4n) is 5.65. The Labute approximate surface area is 248 Å². The molecular weight excluding hydrogens is 528 g/mol. The van der Waals surface area contributed by atoms with Gasteiger partial charge in [-0.25, -0.2) is 24.9 Å². The molecule has 3 aromatic heterocycles. The lowest BCUT2D eigenvalue weighted by atomic mass is 10.0. The Hall–Kier alpha value is -5.88. The highest BCUT2D eigenvalue weighted by Crippen LogP contribution is 2.39. The third-order valence-electron chi connectivity index (χ3n) is 7.73. The lowest BCUT2D eigenvalue weighted by Gasteiger charge is -2.10. The zero-order valence-corrected chi connectivity index (χ0v) is 23.1. The molecule has 6 nitrogen and oxygen atoms in total. The average Bonchev–Trinajstić information content (AvgIpc) is 3.48. The summed E-state index contributed by atoms with van der Waals surface area (Å²) in [5.74, 6) is 1.87.